The molecule has 2 aromatic heterocycles. The number of amides is 1. The van der Waals surface area contributed by atoms with Gasteiger partial charge >= 0.3 is 5.97 Å². The van der Waals surface area contributed by atoms with E-state index in [1.165, 1.54) is 17.1 Å². The second-order valence-corrected chi connectivity index (χ2v) is 8.15. The summed E-state index contributed by atoms with van der Waals surface area (Å²) in [4.78, 5) is 25.5. The minimum absolute atomic E-state index is 0.00996. The molecule has 1 aromatic carbocycles. The first kappa shape index (κ1) is 21.6. The van der Waals surface area contributed by atoms with Gasteiger partial charge in [0, 0.05) is 5.92 Å². The molecule has 34 heavy (non-hydrogen) atoms. The molecule has 3 aromatic rings. The van der Waals surface area contributed by atoms with E-state index >= 15 is 0 Å². The number of carbonyl (C=O) groups is 2. The molecule has 174 valence electrons. The number of nitrogens with zero attached hydrogens (tertiary/aromatic N) is 2. The first-order valence-electron chi connectivity index (χ1n) is 10.9. The van der Waals surface area contributed by atoms with Crippen LogP contribution in [0.4, 0.5) is 0 Å². The Labute approximate surface area is 194 Å². The number of phenolic OH excluding ortho intramolecular Hbond substituents is 2. The molecular formula is C25H22N2O7. The molecule has 5 rings (SSSR count). The summed E-state index contributed by atoms with van der Waals surface area (Å²) in [5, 5.41) is 25.0. The molecule has 2 N–H and O–H groups in total. The van der Waals surface area contributed by atoms with Crippen molar-refractivity contribution in [3.05, 3.63) is 77.6 Å². The lowest BCUT2D eigenvalue weighted by molar-refractivity contribution is -0.137. The van der Waals surface area contributed by atoms with E-state index in [0.29, 0.717) is 11.5 Å². The van der Waals surface area contributed by atoms with E-state index in [4.69, 9.17) is 13.6 Å². The molecule has 1 aliphatic carbocycles. The summed E-state index contributed by atoms with van der Waals surface area (Å²) < 4.78 is 16.3. The van der Waals surface area contributed by atoms with Crippen molar-refractivity contribution in [1.29, 1.82) is 0 Å². The SMILES string of the molecule is O=C(OCC(=O)N1N=C2C(=Cc3ccco3)CCCC2C1c1ccco1)c1ccc(O)c(O)c1. The summed E-state index contributed by atoms with van der Waals surface area (Å²) in [7, 11) is 0. The van der Waals surface area contributed by atoms with Gasteiger partial charge in [0.1, 0.15) is 17.6 Å². The number of phenols is 2. The van der Waals surface area contributed by atoms with Gasteiger partial charge in [-0.25, -0.2) is 9.80 Å². The quantitative estimate of drug-likeness (QED) is 0.428. The molecule has 0 radical (unpaired) electrons. The summed E-state index contributed by atoms with van der Waals surface area (Å²) in [6, 6.07) is 10.3. The van der Waals surface area contributed by atoms with E-state index in [1.807, 2.05) is 18.2 Å². The van der Waals surface area contributed by atoms with Gasteiger partial charge in [0.05, 0.1) is 23.8 Å². The van der Waals surface area contributed by atoms with Crippen LogP contribution in [0.2, 0.25) is 0 Å². The highest BCUT2D eigenvalue weighted by atomic mass is 16.5. The molecule has 1 saturated carbocycles. The first-order valence-corrected chi connectivity index (χ1v) is 10.9. The smallest absolute Gasteiger partial charge is 0.338 e. The molecular weight excluding hydrogens is 440 g/mol. The number of rotatable bonds is 5. The van der Waals surface area contributed by atoms with E-state index in [-0.39, 0.29) is 17.2 Å². The number of hydrogen-bond acceptors (Lipinski definition) is 8. The Bertz CT molecular complexity index is 1260. The standard InChI is InChI=1S/C25H22N2O7/c28-19-9-8-16(13-20(19)29)25(31)34-14-22(30)27-24(21-7-3-11-33-21)18-6-1-4-15(23(18)26-27)12-17-5-2-10-32-17/h2-3,5,7-13,18,24,28-29H,1,4,6,14H2. The zero-order chi connectivity index (χ0) is 23.7. The maximum Gasteiger partial charge on any atom is 0.338 e. The van der Waals surface area contributed by atoms with Gasteiger partial charge < -0.3 is 23.8 Å². The Balaban J connectivity index is 1.38. The normalized spacial score (nSPS) is 20.8. The third-order valence-corrected chi connectivity index (χ3v) is 5.99. The van der Waals surface area contributed by atoms with Gasteiger partial charge in [0.15, 0.2) is 18.1 Å². The highest BCUT2D eigenvalue weighted by Crippen LogP contribution is 2.44. The van der Waals surface area contributed by atoms with Crippen molar-refractivity contribution in [2.24, 2.45) is 11.0 Å². The molecule has 3 heterocycles. The molecule has 2 unspecified atom stereocenters. The number of carbonyl (C=O) groups excluding carboxylic acids is 2. The number of aromatic hydroxyl groups is 2. The lowest BCUT2D eigenvalue weighted by atomic mass is 9.79. The Kier molecular flexibility index (Phi) is 5.67. The number of fused-ring (bicyclic) bond motifs is 1. The second-order valence-electron chi connectivity index (χ2n) is 8.15. The zero-order valence-corrected chi connectivity index (χ0v) is 18.1. The van der Waals surface area contributed by atoms with Crippen molar-refractivity contribution < 1.29 is 33.4 Å². The average molecular weight is 462 g/mol. The van der Waals surface area contributed by atoms with Crippen LogP contribution in [-0.4, -0.2) is 39.4 Å². The molecule has 2 atom stereocenters. The van der Waals surface area contributed by atoms with Crippen LogP contribution in [0.1, 0.15) is 47.2 Å². The molecule has 9 nitrogen and oxygen atoms in total. The molecule has 0 bridgehead atoms. The third-order valence-electron chi connectivity index (χ3n) is 5.99. The van der Waals surface area contributed by atoms with Crippen molar-refractivity contribution in [3.63, 3.8) is 0 Å². The van der Waals surface area contributed by atoms with Crippen LogP contribution in [-0.2, 0) is 9.53 Å². The number of ether oxygens (including phenoxy) is 1. The largest absolute Gasteiger partial charge is 0.504 e. The van der Waals surface area contributed by atoms with Gasteiger partial charge in [0.25, 0.3) is 5.91 Å². The maximum absolute atomic E-state index is 13.1. The van der Waals surface area contributed by atoms with Crippen molar-refractivity contribution in [1.82, 2.24) is 5.01 Å². The number of hydrogen-bond donors (Lipinski definition) is 2. The zero-order valence-electron chi connectivity index (χ0n) is 18.1. The number of benzene rings is 1. The van der Waals surface area contributed by atoms with E-state index in [0.717, 1.165) is 36.6 Å². The van der Waals surface area contributed by atoms with Crippen molar-refractivity contribution in [2.45, 2.75) is 25.3 Å². The van der Waals surface area contributed by atoms with Crippen LogP contribution in [0.15, 0.2) is 74.5 Å². The van der Waals surface area contributed by atoms with Gasteiger partial charge in [-0.05, 0) is 73.4 Å². The lowest BCUT2D eigenvalue weighted by Crippen LogP contribution is -2.34. The highest BCUT2D eigenvalue weighted by Gasteiger charge is 2.45. The molecule has 1 fully saturated rings. The van der Waals surface area contributed by atoms with E-state index in [9.17, 15) is 19.8 Å². The molecule has 0 spiro atoms. The van der Waals surface area contributed by atoms with E-state index < -0.39 is 30.3 Å². The van der Waals surface area contributed by atoms with Gasteiger partial charge in [-0.1, -0.05) is 0 Å². The van der Waals surface area contributed by atoms with Crippen molar-refractivity contribution in [3.8, 4) is 11.5 Å². The van der Waals surface area contributed by atoms with Gasteiger partial charge in [-0.3, -0.25) is 4.79 Å². The fourth-order valence-electron chi connectivity index (χ4n) is 4.42. The average Bonchev–Trinajstić information content (AvgIpc) is 3.60. The molecule has 1 aliphatic heterocycles. The fourth-order valence-corrected chi connectivity index (χ4v) is 4.42. The Morgan fingerprint density at radius 1 is 1.12 bits per heavy atom. The van der Waals surface area contributed by atoms with Gasteiger partial charge in [-0.2, -0.15) is 5.10 Å². The Morgan fingerprint density at radius 2 is 1.94 bits per heavy atom. The number of hydrazone groups is 1. The van der Waals surface area contributed by atoms with Crippen LogP contribution in [0.5, 0.6) is 11.5 Å². The fraction of sp³-hybridized carbons (Fsp3) is 0.240. The minimum atomic E-state index is -0.805. The van der Waals surface area contributed by atoms with Crippen LogP contribution >= 0.6 is 0 Å². The number of esters is 1. The lowest BCUT2D eigenvalue weighted by Gasteiger charge is -2.27. The predicted molar refractivity (Wildman–Crippen MR) is 120 cm³/mol. The summed E-state index contributed by atoms with van der Waals surface area (Å²) in [6.45, 7) is -0.543. The monoisotopic (exact) mass is 462 g/mol. The summed E-state index contributed by atoms with van der Waals surface area (Å²) in [5.41, 5.74) is 1.80. The predicted octanol–water partition coefficient (Wildman–Crippen LogP) is 4.26. The highest BCUT2D eigenvalue weighted by molar-refractivity contribution is 6.08. The number of allylic oxidation sites excluding steroid dienone is 1. The Hall–Kier alpha value is -4.27. The topological polar surface area (TPSA) is 126 Å². The second kappa shape index (κ2) is 8.93. The first-order chi connectivity index (χ1) is 16.5. The minimum Gasteiger partial charge on any atom is -0.504 e. The summed E-state index contributed by atoms with van der Waals surface area (Å²) >= 11 is 0. The van der Waals surface area contributed by atoms with Crippen LogP contribution in [0.25, 0.3) is 6.08 Å². The number of furan rings is 2. The van der Waals surface area contributed by atoms with Crippen molar-refractivity contribution in [2.75, 3.05) is 6.61 Å². The summed E-state index contributed by atoms with van der Waals surface area (Å²) in [6.07, 6.45) is 7.66. The van der Waals surface area contributed by atoms with Crippen LogP contribution < -0.4 is 0 Å². The third kappa shape index (κ3) is 4.07. The van der Waals surface area contributed by atoms with Gasteiger partial charge in [0.2, 0.25) is 0 Å². The molecule has 2 aliphatic rings. The summed E-state index contributed by atoms with van der Waals surface area (Å²) in [5.74, 6) is -0.866. The van der Waals surface area contributed by atoms with Crippen LogP contribution in [0.3, 0.4) is 0 Å². The van der Waals surface area contributed by atoms with Gasteiger partial charge in [-0.15, -0.1) is 0 Å². The maximum atomic E-state index is 13.1. The van der Waals surface area contributed by atoms with E-state index in [1.54, 1.807) is 24.7 Å². The van der Waals surface area contributed by atoms with E-state index in [2.05, 4.69) is 5.10 Å². The Morgan fingerprint density at radius 3 is 2.68 bits per heavy atom. The van der Waals surface area contributed by atoms with Crippen molar-refractivity contribution >= 4 is 23.7 Å². The molecule has 9 heteroatoms. The molecule has 1 amide bonds. The molecule has 0 saturated heterocycles. The van der Waals surface area contributed by atoms with Crippen LogP contribution in [0, 0.1) is 5.92 Å².